The van der Waals surface area contributed by atoms with Gasteiger partial charge in [-0.3, -0.25) is 9.59 Å². The van der Waals surface area contributed by atoms with Crippen molar-refractivity contribution in [2.75, 3.05) is 6.54 Å². The van der Waals surface area contributed by atoms with Gasteiger partial charge in [0.25, 0.3) is 0 Å². The highest BCUT2D eigenvalue weighted by Crippen LogP contribution is 2.32. The van der Waals surface area contributed by atoms with Gasteiger partial charge in [0, 0.05) is 19.2 Å². The fourth-order valence-electron chi connectivity index (χ4n) is 4.50. The molecule has 0 radical (unpaired) electrons. The van der Waals surface area contributed by atoms with Crippen molar-refractivity contribution in [3.8, 4) is 10.4 Å². The Labute approximate surface area is 198 Å². The zero-order valence-electron chi connectivity index (χ0n) is 19.4. The lowest BCUT2D eigenvalue weighted by atomic mass is 9.91. The van der Waals surface area contributed by atoms with E-state index < -0.39 is 12.0 Å². The molecule has 0 aliphatic carbocycles. The summed E-state index contributed by atoms with van der Waals surface area (Å²) in [4.78, 5) is 33.7. The second kappa shape index (κ2) is 9.87. The van der Waals surface area contributed by atoms with Crippen molar-refractivity contribution in [3.63, 3.8) is 0 Å². The number of nitrogens with one attached hydrogen (secondary N) is 1. The van der Waals surface area contributed by atoms with Crippen LogP contribution in [0, 0.1) is 18.8 Å². The van der Waals surface area contributed by atoms with Gasteiger partial charge in [-0.05, 0) is 36.3 Å². The largest absolute Gasteiger partial charge is 0.361 e. The normalized spacial score (nSPS) is 19.1. The van der Waals surface area contributed by atoms with Crippen molar-refractivity contribution < 1.29 is 14.1 Å². The number of carbonyl (C=O) groups is 2. The van der Waals surface area contributed by atoms with Gasteiger partial charge in [-0.25, -0.2) is 4.98 Å². The van der Waals surface area contributed by atoms with Gasteiger partial charge in [0.2, 0.25) is 11.8 Å². The van der Waals surface area contributed by atoms with Gasteiger partial charge in [0.05, 0.1) is 22.3 Å². The Hall–Kier alpha value is -3.00. The maximum absolute atomic E-state index is 13.5. The summed E-state index contributed by atoms with van der Waals surface area (Å²) < 4.78 is 5.31. The number of hydrogen-bond acceptors (Lipinski definition) is 6. The first-order chi connectivity index (χ1) is 15.8. The molecule has 2 aromatic heterocycles. The van der Waals surface area contributed by atoms with Crippen LogP contribution in [0.3, 0.4) is 0 Å². The van der Waals surface area contributed by atoms with Crippen molar-refractivity contribution in [3.05, 3.63) is 59.1 Å². The molecule has 1 aliphatic heterocycles. The Morgan fingerprint density at radius 3 is 2.61 bits per heavy atom. The van der Waals surface area contributed by atoms with E-state index in [0.29, 0.717) is 25.3 Å². The van der Waals surface area contributed by atoms with Crippen molar-refractivity contribution in [1.82, 2.24) is 20.4 Å². The molecule has 3 aromatic rings. The Morgan fingerprint density at radius 2 is 2.00 bits per heavy atom. The molecular formula is C25H30N4O3S. The van der Waals surface area contributed by atoms with Crippen LogP contribution in [0.25, 0.3) is 10.4 Å². The zero-order valence-corrected chi connectivity index (χ0v) is 20.3. The molecule has 1 saturated heterocycles. The smallest absolute Gasteiger partial charge is 0.243 e. The molecule has 3 heterocycles. The Kier molecular flexibility index (Phi) is 6.93. The van der Waals surface area contributed by atoms with E-state index in [1.54, 1.807) is 28.5 Å². The van der Waals surface area contributed by atoms with E-state index in [-0.39, 0.29) is 23.7 Å². The first-order valence-corrected chi connectivity index (χ1v) is 12.2. The molecule has 2 amide bonds. The van der Waals surface area contributed by atoms with Gasteiger partial charge in [-0.2, -0.15) is 0 Å². The number of likely N-dealkylation sites (tertiary alicyclic amines) is 1. The third kappa shape index (κ3) is 5.00. The van der Waals surface area contributed by atoms with Crippen LogP contribution in [-0.4, -0.2) is 39.4 Å². The van der Waals surface area contributed by atoms with Crippen molar-refractivity contribution in [2.24, 2.45) is 11.8 Å². The Bertz CT molecular complexity index is 1090. The van der Waals surface area contributed by atoms with Crippen LogP contribution in [0.1, 0.15) is 50.1 Å². The van der Waals surface area contributed by atoms with Crippen LogP contribution in [-0.2, 0) is 16.1 Å². The van der Waals surface area contributed by atoms with E-state index in [4.69, 9.17) is 4.52 Å². The van der Waals surface area contributed by atoms with Crippen LogP contribution in [0.15, 0.2) is 46.6 Å². The van der Waals surface area contributed by atoms with Crippen LogP contribution in [0.4, 0.5) is 0 Å². The molecule has 1 fully saturated rings. The predicted octanol–water partition coefficient (Wildman–Crippen LogP) is 4.40. The summed E-state index contributed by atoms with van der Waals surface area (Å²) in [5, 5.41) is 6.80. The summed E-state index contributed by atoms with van der Waals surface area (Å²) in [6.07, 6.45) is 2.21. The summed E-state index contributed by atoms with van der Waals surface area (Å²) in [6, 6.07) is 9.41. The van der Waals surface area contributed by atoms with E-state index in [2.05, 4.69) is 34.5 Å². The van der Waals surface area contributed by atoms with Crippen molar-refractivity contribution in [2.45, 2.75) is 52.6 Å². The number of aryl methyl sites for hydroxylation is 1. The van der Waals surface area contributed by atoms with Gasteiger partial charge in [0.15, 0.2) is 0 Å². The molecule has 3 atom stereocenters. The Balaban J connectivity index is 1.42. The molecular weight excluding hydrogens is 436 g/mol. The van der Waals surface area contributed by atoms with E-state index in [1.807, 2.05) is 38.4 Å². The number of thiazole rings is 1. The van der Waals surface area contributed by atoms with E-state index in [0.717, 1.165) is 21.7 Å². The molecule has 1 unspecified atom stereocenters. The fourth-order valence-corrected chi connectivity index (χ4v) is 5.31. The highest BCUT2D eigenvalue weighted by Gasteiger charge is 2.42. The molecule has 1 aliphatic rings. The van der Waals surface area contributed by atoms with E-state index in [1.165, 1.54) is 0 Å². The predicted molar refractivity (Wildman–Crippen MR) is 127 cm³/mol. The minimum Gasteiger partial charge on any atom is -0.361 e. The molecule has 1 N–H and O–H groups in total. The maximum Gasteiger partial charge on any atom is 0.243 e. The van der Waals surface area contributed by atoms with Crippen molar-refractivity contribution >= 4 is 23.2 Å². The minimum absolute atomic E-state index is 0.0331. The first-order valence-electron chi connectivity index (χ1n) is 11.3. The quantitative estimate of drug-likeness (QED) is 0.558. The molecule has 0 spiro atoms. The topological polar surface area (TPSA) is 88.3 Å². The number of rotatable bonds is 7. The highest BCUT2D eigenvalue weighted by molar-refractivity contribution is 7.13. The SMILES string of the molecule is Cc1ncsc1-c1ccc(CNC(=O)[C@@H]2C[C@@H](C)CN2C(=O)C(c2ccno2)C(C)C)cc1. The lowest BCUT2D eigenvalue weighted by Gasteiger charge is -2.29. The van der Waals surface area contributed by atoms with Gasteiger partial charge in [0.1, 0.15) is 17.7 Å². The Morgan fingerprint density at radius 1 is 1.24 bits per heavy atom. The third-order valence-corrected chi connectivity index (χ3v) is 7.20. The van der Waals surface area contributed by atoms with Gasteiger partial charge >= 0.3 is 0 Å². The molecule has 0 saturated carbocycles. The second-order valence-corrected chi connectivity index (χ2v) is 10.0. The fraction of sp³-hybridized carbons (Fsp3) is 0.440. The third-order valence-electron chi connectivity index (χ3n) is 6.22. The summed E-state index contributed by atoms with van der Waals surface area (Å²) in [5.74, 6) is 0.200. The van der Waals surface area contributed by atoms with Crippen LogP contribution >= 0.6 is 11.3 Å². The standard InChI is InChI=1S/C25H30N4O3S/c1-15(2)22(21-9-10-28-32-21)25(31)29-13-16(3)11-20(29)24(30)26-12-18-5-7-19(8-6-18)23-17(4)27-14-33-23/h5-10,14-16,20,22H,11-13H2,1-4H3,(H,26,30)/t16-,20+,22?/m1/s1. The van der Waals surface area contributed by atoms with Crippen molar-refractivity contribution in [1.29, 1.82) is 0 Å². The lowest BCUT2D eigenvalue weighted by molar-refractivity contribution is -0.140. The van der Waals surface area contributed by atoms with E-state index >= 15 is 0 Å². The average Bonchev–Trinajstić information content (AvgIpc) is 3.54. The molecule has 174 valence electrons. The van der Waals surface area contributed by atoms with Gasteiger partial charge < -0.3 is 14.7 Å². The molecule has 7 nitrogen and oxygen atoms in total. The van der Waals surface area contributed by atoms with E-state index in [9.17, 15) is 9.59 Å². The summed E-state index contributed by atoms with van der Waals surface area (Å²) in [7, 11) is 0. The lowest BCUT2D eigenvalue weighted by Crippen LogP contribution is -2.47. The van der Waals surface area contributed by atoms with Gasteiger partial charge in [-0.1, -0.05) is 50.2 Å². The van der Waals surface area contributed by atoms with Crippen LogP contribution < -0.4 is 5.32 Å². The molecule has 8 heteroatoms. The minimum atomic E-state index is -0.476. The number of aromatic nitrogens is 2. The monoisotopic (exact) mass is 466 g/mol. The number of amides is 2. The average molecular weight is 467 g/mol. The summed E-state index contributed by atoms with van der Waals surface area (Å²) in [6.45, 7) is 9.03. The molecule has 33 heavy (non-hydrogen) atoms. The molecule has 4 rings (SSSR count). The zero-order chi connectivity index (χ0) is 23.5. The molecule has 0 bridgehead atoms. The van der Waals surface area contributed by atoms with Crippen LogP contribution in [0.5, 0.6) is 0 Å². The molecule has 1 aromatic carbocycles. The first kappa shape index (κ1) is 23.2. The summed E-state index contributed by atoms with van der Waals surface area (Å²) in [5.41, 5.74) is 5.01. The van der Waals surface area contributed by atoms with Crippen LogP contribution in [0.2, 0.25) is 0 Å². The highest BCUT2D eigenvalue weighted by atomic mass is 32.1. The summed E-state index contributed by atoms with van der Waals surface area (Å²) >= 11 is 1.62. The number of carbonyl (C=O) groups excluding carboxylic acids is 2. The number of nitrogens with zero attached hydrogens (tertiary/aromatic N) is 3. The van der Waals surface area contributed by atoms with Gasteiger partial charge in [-0.15, -0.1) is 11.3 Å². The second-order valence-electron chi connectivity index (χ2n) is 9.17. The number of benzene rings is 1. The number of hydrogen-bond donors (Lipinski definition) is 1. The maximum atomic E-state index is 13.5.